The van der Waals surface area contributed by atoms with Crippen molar-refractivity contribution in [2.24, 2.45) is 11.8 Å². The molecule has 154 valence electrons. The molecule has 1 aliphatic carbocycles. The Bertz CT molecular complexity index is 809. The van der Waals surface area contributed by atoms with Gasteiger partial charge in [0.1, 0.15) is 0 Å². The van der Waals surface area contributed by atoms with Gasteiger partial charge in [0, 0.05) is 30.7 Å². The molecular weight excluding hydrogens is 396 g/mol. The Morgan fingerprint density at radius 1 is 0.929 bits per heavy atom. The van der Waals surface area contributed by atoms with Crippen LogP contribution in [-0.4, -0.2) is 49.2 Å². The first-order valence-electron chi connectivity index (χ1n) is 10.5. The molecule has 1 saturated carbocycles. The van der Waals surface area contributed by atoms with Crippen LogP contribution >= 0.6 is 11.6 Å². The average molecular weight is 425 g/mol. The van der Waals surface area contributed by atoms with Gasteiger partial charge < -0.3 is 4.90 Å². The summed E-state index contributed by atoms with van der Waals surface area (Å²) in [6.07, 6.45) is 8.63. The minimum absolute atomic E-state index is 0.174. The number of halogens is 1. The van der Waals surface area contributed by atoms with Crippen LogP contribution in [0.5, 0.6) is 0 Å². The van der Waals surface area contributed by atoms with Crippen molar-refractivity contribution in [3.63, 3.8) is 0 Å². The standard InChI is InChI=1S/C21H29ClN2O3S/c22-18-9-11-19(12-10-18)28(26,27)23-13-3-7-17(15-23)21(25)24-14-4-6-16-5-1-2-8-20(16)24/h9-12,16-17,20H,1-8,13-15H2/t16-,17+,20-/m1/s1. The molecule has 0 unspecified atom stereocenters. The number of nitrogens with zero attached hydrogens (tertiary/aromatic N) is 2. The fourth-order valence-electron chi connectivity index (χ4n) is 5.25. The molecule has 2 heterocycles. The maximum Gasteiger partial charge on any atom is 0.243 e. The molecule has 0 spiro atoms. The molecule has 0 aromatic heterocycles. The first-order chi connectivity index (χ1) is 13.5. The van der Waals surface area contributed by atoms with Crippen LogP contribution in [-0.2, 0) is 14.8 Å². The van der Waals surface area contributed by atoms with Crippen molar-refractivity contribution in [3.05, 3.63) is 29.3 Å². The second-order valence-electron chi connectivity index (χ2n) is 8.44. The van der Waals surface area contributed by atoms with Gasteiger partial charge in [0.2, 0.25) is 15.9 Å². The van der Waals surface area contributed by atoms with Crippen molar-refractivity contribution in [2.75, 3.05) is 19.6 Å². The van der Waals surface area contributed by atoms with Crippen LogP contribution in [0.4, 0.5) is 0 Å². The highest BCUT2D eigenvalue weighted by Crippen LogP contribution is 2.37. The first kappa shape index (κ1) is 20.2. The third-order valence-corrected chi connectivity index (χ3v) is 8.84. The average Bonchev–Trinajstić information content (AvgIpc) is 2.73. The molecule has 1 aromatic rings. The molecule has 28 heavy (non-hydrogen) atoms. The summed E-state index contributed by atoms with van der Waals surface area (Å²) in [6.45, 7) is 1.60. The molecule has 2 aliphatic heterocycles. The van der Waals surface area contributed by atoms with Gasteiger partial charge in [-0.2, -0.15) is 4.31 Å². The summed E-state index contributed by atoms with van der Waals surface area (Å²) < 4.78 is 27.5. The second-order valence-corrected chi connectivity index (χ2v) is 10.8. The van der Waals surface area contributed by atoms with Crippen LogP contribution in [0.1, 0.15) is 51.4 Å². The molecule has 2 saturated heterocycles. The van der Waals surface area contributed by atoms with Gasteiger partial charge in [0.15, 0.2) is 0 Å². The van der Waals surface area contributed by atoms with Crippen LogP contribution in [0.15, 0.2) is 29.2 Å². The number of hydrogen-bond acceptors (Lipinski definition) is 3. The van der Waals surface area contributed by atoms with E-state index in [1.807, 2.05) is 0 Å². The highest BCUT2D eigenvalue weighted by atomic mass is 35.5. The van der Waals surface area contributed by atoms with E-state index >= 15 is 0 Å². The second kappa shape index (κ2) is 8.33. The molecule has 0 bridgehead atoms. The Hall–Kier alpha value is -1.11. The summed E-state index contributed by atoms with van der Waals surface area (Å²) in [7, 11) is -3.60. The van der Waals surface area contributed by atoms with E-state index in [2.05, 4.69) is 4.90 Å². The van der Waals surface area contributed by atoms with Gasteiger partial charge in [0.05, 0.1) is 10.8 Å². The van der Waals surface area contributed by atoms with Crippen molar-refractivity contribution < 1.29 is 13.2 Å². The minimum Gasteiger partial charge on any atom is -0.339 e. The maximum atomic E-state index is 13.3. The zero-order valence-electron chi connectivity index (χ0n) is 16.2. The van der Waals surface area contributed by atoms with Crippen molar-refractivity contribution in [3.8, 4) is 0 Å². The predicted molar refractivity (Wildman–Crippen MR) is 110 cm³/mol. The van der Waals surface area contributed by atoms with Crippen LogP contribution in [0, 0.1) is 11.8 Å². The van der Waals surface area contributed by atoms with Gasteiger partial charge >= 0.3 is 0 Å². The lowest BCUT2D eigenvalue weighted by molar-refractivity contribution is -0.143. The van der Waals surface area contributed by atoms with Crippen LogP contribution in [0.3, 0.4) is 0 Å². The molecule has 1 amide bonds. The first-order valence-corrected chi connectivity index (χ1v) is 12.3. The molecule has 5 nitrogen and oxygen atoms in total. The van der Waals surface area contributed by atoms with E-state index in [0.29, 0.717) is 23.5 Å². The smallest absolute Gasteiger partial charge is 0.243 e. The van der Waals surface area contributed by atoms with Gasteiger partial charge in [0.25, 0.3) is 0 Å². The number of likely N-dealkylation sites (tertiary alicyclic amines) is 1. The lowest BCUT2D eigenvalue weighted by Crippen LogP contribution is -2.54. The van der Waals surface area contributed by atoms with Crippen LogP contribution < -0.4 is 0 Å². The summed E-state index contributed by atoms with van der Waals surface area (Å²) >= 11 is 5.90. The molecule has 3 fully saturated rings. The lowest BCUT2D eigenvalue weighted by Gasteiger charge is -2.46. The molecule has 4 rings (SSSR count). The Labute approximate surface area is 173 Å². The normalized spacial score (nSPS) is 29.3. The Balaban J connectivity index is 1.48. The van der Waals surface area contributed by atoms with E-state index in [-0.39, 0.29) is 23.3 Å². The van der Waals surface area contributed by atoms with E-state index in [0.717, 1.165) is 32.2 Å². The quantitative estimate of drug-likeness (QED) is 0.738. The number of benzene rings is 1. The minimum atomic E-state index is -3.60. The van der Waals surface area contributed by atoms with Gasteiger partial charge in [-0.25, -0.2) is 8.42 Å². The molecule has 3 atom stereocenters. The number of rotatable bonds is 3. The molecular formula is C21H29ClN2O3S. The van der Waals surface area contributed by atoms with Crippen molar-refractivity contribution in [1.29, 1.82) is 0 Å². The predicted octanol–water partition coefficient (Wildman–Crippen LogP) is 3.92. The summed E-state index contributed by atoms with van der Waals surface area (Å²) in [5, 5.41) is 0.512. The number of carbonyl (C=O) groups excluding carboxylic acids is 1. The number of amides is 1. The summed E-state index contributed by atoms with van der Waals surface area (Å²) in [6, 6.07) is 6.65. The van der Waals surface area contributed by atoms with Gasteiger partial charge in [-0.3, -0.25) is 4.79 Å². The SMILES string of the molecule is O=C([C@H]1CCCN(S(=O)(=O)c2ccc(Cl)cc2)C1)N1CCC[C@H]2CCCC[C@H]21. The van der Waals surface area contributed by atoms with Gasteiger partial charge in [-0.05, 0) is 68.7 Å². The monoisotopic (exact) mass is 424 g/mol. The van der Waals surface area contributed by atoms with Crippen LogP contribution in [0.25, 0.3) is 0 Å². The van der Waals surface area contributed by atoms with E-state index in [1.54, 1.807) is 24.3 Å². The molecule has 1 aromatic carbocycles. The molecule has 0 radical (unpaired) electrons. The maximum absolute atomic E-state index is 13.3. The number of hydrogen-bond donors (Lipinski definition) is 0. The topological polar surface area (TPSA) is 57.7 Å². The Kier molecular flexibility index (Phi) is 6.00. The third-order valence-electron chi connectivity index (χ3n) is 6.71. The van der Waals surface area contributed by atoms with E-state index in [4.69, 9.17) is 11.6 Å². The molecule has 0 N–H and O–H groups in total. The fraction of sp³-hybridized carbons (Fsp3) is 0.667. The summed E-state index contributed by atoms with van der Waals surface area (Å²) in [4.78, 5) is 15.7. The highest BCUT2D eigenvalue weighted by Gasteiger charge is 2.40. The zero-order chi connectivity index (χ0) is 19.7. The van der Waals surface area contributed by atoms with E-state index in [1.165, 1.54) is 30.0 Å². The number of fused-ring (bicyclic) bond motifs is 1. The third kappa shape index (κ3) is 3.96. The van der Waals surface area contributed by atoms with Crippen molar-refractivity contribution in [1.82, 2.24) is 9.21 Å². The number of piperidine rings is 2. The molecule has 3 aliphatic rings. The summed E-state index contributed by atoms with van der Waals surface area (Å²) in [5.74, 6) is 0.591. The number of sulfonamides is 1. The van der Waals surface area contributed by atoms with Gasteiger partial charge in [-0.15, -0.1) is 0 Å². The van der Waals surface area contributed by atoms with E-state index < -0.39 is 10.0 Å². The fourth-order valence-corrected chi connectivity index (χ4v) is 6.90. The van der Waals surface area contributed by atoms with Gasteiger partial charge in [-0.1, -0.05) is 24.4 Å². The highest BCUT2D eigenvalue weighted by molar-refractivity contribution is 7.89. The van der Waals surface area contributed by atoms with Crippen LogP contribution in [0.2, 0.25) is 5.02 Å². The number of carbonyl (C=O) groups is 1. The molecule has 7 heteroatoms. The van der Waals surface area contributed by atoms with Crippen molar-refractivity contribution in [2.45, 2.75) is 62.3 Å². The lowest BCUT2D eigenvalue weighted by atomic mass is 9.77. The zero-order valence-corrected chi connectivity index (χ0v) is 17.8. The summed E-state index contributed by atoms with van der Waals surface area (Å²) in [5.41, 5.74) is 0. The Morgan fingerprint density at radius 2 is 1.61 bits per heavy atom. The van der Waals surface area contributed by atoms with E-state index in [9.17, 15) is 13.2 Å². The van der Waals surface area contributed by atoms with Crippen molar-refractivity contribution >= 4 is 27.5 Å². The Morgan fingerprint density at radius 3 is 2.39 bits per heavy atom. The largest absolute Gasteiger partial charge is 0.339 e.